The van der Waals surface area contributed by atoms with E-state index in [1.165, 1.54) is 36.4 Å². The van der Waals surface area contributed by atoms with Gasteiger partial charge in [-0.1, -0.05) is 0 Å². The number of fused-ring (bicyclic) bond motifs is 1. The van der Waals surface area contributed by atoms with Crippen LogP contribution in [0.5, 0.6) is 5.75 Å². The van der Waals surface area contributed by atoms with Crippen LogP contribution in [0.4, 0.5) is 10.1 Å². The number of hydrogen-bond donors (Lipinski definition) is 2. The van der Waals surface area contributed by atoms with Gasteiger partial charge in [0.05, 0.1) is 21.6 Å². The Morgan fingerprint density at radius 1 is 1.24 bits per heavy atom. The second-order valence-electron chi connectivity index (χ2n) is 6.34. The summed E-state index contributed by atoms with van der Waals surface area (Å²) >= 11 is 0. The molecule has 2 N–H and O–H groups in total. The number of nitriles is 1. The number of nitrogens with one attached hydrogen (secondary N) is 1. The summed E-state index contributed by atoms with van der Waals surface area (Å²) in [5.74, 6) is -0.993. The van der Waals surface area contributed by atoms with Gasteiger partial charge in [0.1, 0.15) is 17.6 Å². The molecule has 0 saturated heterocycles. The predicted molar refractivity (Wildman–Crippen MR) is 102 cm³/mol. The number of nitrogens with zero attached hydrogens (tertiary/aromatic N) is 4. The minimum absolute atomic E-state index is 0.0325. The van der Waals surface area contributed by atoms with Crippen LogP contribution in [-0.2, 0) is 0 Å². The highest BCUT2D eigenvalue weighted by atomic mass is 19.1. The van der Waals surface area contributed by atoms with Crippen molar-refractivity contribution in [1.29, 1.82) is 5.26 Å². The van der Waals surface area contributed by atoms with Gasteiger partial charge in [0.2, 0.25) is 0 Å². The van der Waals surface area contributed by atoms with Crippen molar-refractivity contribution >= 4 is 16.7 Å². The number of benzene rings is 2. The second-order valence-corrected chi connectivity index (χ2v) is 6.34. The largest absolute Gasteiger partial charge is 0.508 e. The topological polar surface area (TPSA) is 129 Å². The number of phenolic OH excluding ortho intramolecular Hbond substituents is 1. The number of halogens is 1. The van der Waals surface area contributed by atoms with Gasteiger partial charge < -0.3 is 5.11 Å². The lowest BCUT2D eigenvalue weighted by molar-refractivity contribution is -0.384. The standard InChI is InChI=1S/C20H12FN5O3/c1-10-17-18(11-2-4-12(5-3-11)26(28)29)15(9-22)19(23-20(17)25-24-10)14-7-6-13(27)8-16(14)21/h2-8,27H,1H3,(H,23,24,25). The van der Waals surface area contributed by atoms with E-state index < -0.39 is 10.7 Å². The lowest BCUT2D eigenvalue weighted by atomic mass is 9.93. The summed E-state index contributed by atoms with van der Waals surface area (Å²) in [7, 11) is 0. The zero-order chi connectivity index (χ0) is 20.7. The van der Waals surface area contributed by atoms with Gasteiger partial charge in [-0.3, -0.25) is 15.2 Å². The molecule has 4 rings (SSSR count). The van der Waals surface area contributed by atoms with Crippen LogP contribution in [0, 0.1) is 34.2 Å². The van der Waals surface area contributed by atoms with E-state index in [-0.39, 0.29) is 33.9 Å². The molecular weight excluding hydrogens is 377 g/mol. The van der Waals surface area contributed by atoms with E-state index in [1.54, 1.807) is 6.92 Å². The molecule has 142 valence electrons. The molecule has 2 aromatic heterocycles. The predicted octanol–water partition coefficient (Wildman–Crippen LogP) is 4.22. The number of nitro benzene ring substituents is 1. The number of pyridine rings is 1. The Hall–Kier alpha value is -4.32. The number of phenols is 1. The summed E-state index contributed by atoms with van der Waals surface area (Å²) in [5.41, 5.74) is 2.01. The maximum Gasteiger partial charge on any atom is 0.269 e. The first kappa shape index (κ1) is 18.1. The lowest BCUT2D eigenvalue weighted by Crippen LogP contribution is -1.98. The smallest absolute Gasteiger partial charge is 0.269 e. The highest BCUT2D eigenvalue weighted by Crippen LogP contribution is 2.38. The van der Waals surface area contributed by atoms with Gasteiger partial charge in [-0.25, -0.2) is 9.37 Å². The molecule has 0 bridgehead atoms. The van der Waals surface area contributed by atoms with Gasteiger partial charge in [0, 0.05) is 35.0 Å². The third kappa shape index (κ3) is 2.93. The molecule has 0 aliphatic heterocycles. The van der Waals surface area contributed by atoms with Crippen molar-refractivity contribution in [2.75, 3.05) is 0 Å². The first-order valence-corrected chi connectivity index (χ1v) is 8.43. The van der Waals surface area contributed by atoms with Gasteiger partial charge >= 0.3 is 0 Å². The Bertz CT molecular complexity index is 1320. The van der Waals surface area contributed by atoms with E-state index in [1.807, 2.05) is 0 Å². The maximum absolute atomic E-state index is 14.5. The van der Waals surface area contributed by atoms with Crippen molar-refractivity contribution in [2.45, 2.75) is 6.92 Å². The van der Waals surface area contributed by atoms with E-state index in [2.05, 4.69) is 21.3 Å². The zero-order valence-electron chi connectivity index (χ0n) is 15.0. The second kappa shape index (κ2) is 6.69. The van der Waals surface area contributed by atoms with Gasteiger partial charge in [0.25, 0.3) is 5.69 Å². The van der Waals surface area contributed by atoms with Crippen LogP contribution in [-0.4, -0.2) is 25.2 Å². The van der Waals surface area contributed by atoms with Gasteiger partial charge in [-0.05, 0) is 36.8 Å². The van der Waals surface area contributed by atoms with Crippen LogP contribution in [0.1, 0.15) is 11.3 Å². The Morgan fingerprint density at radius 2 is 1.97 bits per heavy atom. The molecule has 0 unspecified atom stereocenters. The van der Waals surface area contributed by atoms with Gasteiger partial charge in [-0.15, -0.1) is 0 Å². The number of rotatable bonds is 3. The number of aromatic amines is 1. The molecule has 0 amide bonds. The Balaban J connectivity index is 2.08. The van der Waals surface area contributed by atoms with Crippen molar-refractivity contribution in [3.05, 3.63) is 69.7 Å². The molecular formula is C20H12FN5O3. The zero-order valence-corrected chi connectivity index (χ0v) is 15.0. The van der Waals surface area contributed by atoms with E-state index >= 15 is 0 Å². The highest BCUT2D eigenvalue weighted by molar-refractivity contribution is 6.00. The van der Waals surface area contributed by atoms with Crippen LogP contribution in [0.25, 0.3) is 33.4 Å². The highest BCUT2D eigenvalue weighted by Gasteiger charge is 2.23. The number of hydrogen-bond acceptors (Lipinski definition) is 6. The molecule has 0 radical (unpaired) electrons. The molecule has 29 heavy (non-hydrogen) atoms. The molecule has 2 heterocycles. The number of aryl methyl sites for hydroxylation is 1. The van der Waals surface area contributed by atoms with Gasteiger partial charge in [-0.2, -0.15) is 10.4 Å². The SMILES string of the molecule is Cc1[nH]nc2nc(-c3ccc(O)cc3F)c(C#N)c(-c3ccc([N+](=O)[O-])cc3)c12. The van der Waals surface area contributed by atoms with Crippen molar-refractivity contribution in [2.24, 2.45) is 0 Å². The van der Waals surface area contributed by atoms with Crippen molar-refractivity contribution in [3.8, 4) is 34.2 Å². The van der Waals surface area contributed by atoms with E-state index in [9.17, 15) is 24.9 Å². The van der Waals surface area contributed by atoms with Crippen LogP contribution in [0.3, 0.4) is 0 Å². The number of nitro groups is 1. The summed E-state index contributed by atoms with van der Waals surface area (Å²) in [6.45, 7) is 1.76. The number of H-pyrrole nitrogens is 1. The molecule has 0 aliphatic rings. The first-order chi connectivity index (χ1) is 13.9. The van der Waals surface area contributed by atoms with Gasteiger partial charge in [0.15, 0.2) is 5.65 Å². The van der Waals surface area contributed by atoms with Crippen molar-refractivity contribution in [1.82, 2.24) is 15.2 Å². The molecule has 0 atom stereocenters. The van der Waals surface area contributed by atoms with E-state index in [0.717, 1.165) is 6.07 Å². The molecule has 8 nitrogen and oxygen atoms in total. The first-order valence-electron chi connectivity index (χ1n) is 8.43. The Kier molecular flexibility index (Phi) is 4.16. The normalized spacial score (nSPS) is 10.8. The molecule has 9 heteroatoms. The maximum atomic E-state index is 14.5. The molecule has 0 aliphatic carbocycles. The third-order valence-corrected chi connectivity index (χ3v) is 4.57. The minimum atomic E-state index is -0.741. The molecule has 0 fully saturated rings. The number of aromatic hydroxyl groups is 1. The minimum Gasteiger partial charge on any atom is -0.508 e. The van der Waals surface area contributed by atoms with Crippen molar-refractivity contribution < 1.29 is 14.4 Å². The number of aromatic nitrogens is 3. The fourth-order valence-corrected chi connectivity index (χ4v) is 3.24. The Morgan fingerprint density at radius 3 is 2.59 bits per heavy atom. The monoisotopic (exact) mass is 389 g/mol. The average molecular weight is 389 g/mol. The number of non-ortho nitro benzene ring substituents is 1. The lowest BCUT2D eigenvalue weighted by Gasteiger charge is -2.12. The van der Waals surface area contributed by atoms with Crippen LogP contribution in [0.15, 0.2) is 42.5 Å². The quantitative estimate of drug-likeness (QED) is 0.399. The molecule has 0 spiro atoms. The molecule has 4 aromatic rings. The summed E-state index contributed by atoms with van der Waals surface area (Å²) in [6, 6.07) is 11.4. The average Bonchev–Trinajstić information content (AvgIpc) is 3.07. The fourth-order valence-electron chi connectivity index (χ4n) is 3.24. The third-order valence-electron chi connectivity index (χ3n) is 4.57. The van der Waals surface area contributed by atoms with Crippen LogP contribution in [0.2, 0.25) is 0 Å². The summed E-state index contributed by atoms with van der Waals surface area (Å²) in [4.78, 5) is 14.8. The summed E-state index contributed by atoms with van der Waals surface area (Å²) in [6.07, 6.45) is 0. The fraction of sp³-hybridized carbons (Fsp3) is 0.0500. The summed E-state index contributed by atoms with van der Waals surface area (Å²) in [5, 5.41) is 37.9. The van der Waals surface area contributed by atoms with Crippen LogP contribution < -0.4 is 0 Å². The molecule has 2 aromatic carbocycles. The van der Waals surface area contributed by atoms with Crippen LogP contribution >= 0.6 is 0 Å². The molecule has 0 saturated carbocycles. The van der Waals surface area contributed by atoms with E-state index in [0.29, 0.717) is 22.2 Å². The summed E-state index contributed by atoms with van der Waals surface area (Å²) < 4.78 is 14.5. The van der Waals surface area contributed by atoms with Crippen molar-refractivity contribution in [3.63, 3.8) is 0 Å². The van der Waals surface area contributed by atoms with E-state index in [4.69, 9.17) is 0 Å². The Labute approximate surface area is 163 Å².